The van der Waals surface area contributed by atoms with Crippen LogP contribution in [0.5, 0.6) is 0 Å². The van der Waals surface area contributed by atoms with Gasteiger partial charge in [-0.25, -0.2) is 9.13 Å². The van der Waals surface area contributed by atoms with Crippen molar-refractivity contribution in [3.05, 3.63) is 96.6 Å². The van der Waals surface area contributed by atoms with Crippen LogP contribution in [0.2, 0.25) is 0 Å². The molecule has 0 saturated heterocycles. The third-order valence-electron chi connectivity index (χ3n) is 8.52. The van der Waals surface area contributed by atoms with Crippen LogP contribution in [-0.4, -0.2) is 99.6 Å². The van der Waals surface area contributed by atoms with Crippen molar-refractivity contribution in [3.63, 3.8) is 0 Å². The molecule has 0 saturated carbocycles. The summed E-state index contributed by atoms with van der Waals surface area (Å²) in [4.78, 5) is 29.3. The molecular weight excluding hydrogens is 844 g/mol. The first kappa shape index (κ1) is 48.9. The van der Waals surface area contributed by atoms with Gasteiger partial charge in [-0.1, -0.05) is 23.9 Å². The zero-order chi connectivity index (χ0) is 44.3. The fraction of sp³-hybridized carbons (Fsp3) is 0.385. The van der Waals surface area contributed by atoms with E-state index in [1.54, 1.807) is 11.8 Å². The molecule has 61 heavy (non-hydrogen) atoms. The lowest BCUT2D eigenvalue weighted by Crippen LogP contribution is -2.35. The van der Waals surface area contributed by atoms with Crippen LogP contribution < -0.4 is 14.0 Å². The second-order valence-corrected chi connectivity index (χ2v) is 14.2. The molecule has 13 rings (SSSR count). The average Bonchev–Trinajstić information content (AvgIpc) is 3.19. The Morgan fingerprint density at radius 3 is 1.36 bits per heavy atom. The Bertz CT molecular complexity index is 1960. The number of pyridine rings is 2. The Balaban J connectivity index is 0.000000735. The van der Waals surface area contributed by atoms with Gasteiger partial charge in [0.25, 0.3) is 0 Å². The Labute approximate surface area is 352 Å². The van der Waals surface area contributed by atoms with Crippen molar-refractivity contribution >= 4 is 49.6 Å². The van der Waals surface area contributed by atoms with Crippen LogP contribution >= 0.6 is 11.8 Å². The maximum Gasteiger partial charge on any atom is 0.673 e. The van der Waals surface area contributed by atoms with E-state index < -0.39 is 14.5 Å². The molecular formula is C39H45B2F8N3O8S. The zero-order valence-corrected chi connectivity index (χ0v) is 34.0. The van der Waals surface area contributed by atoms with E-state index in [-0.39, 0.29) is 38.0 Å². The predicted molar refractivity (Wildman–Crippen MR) is 210 cm³/mol. The molecule has 11 heterocycles. The van der Waals surface area contributed by atoms with Crippen molar-refractivity contribution in [1.82, 2.24) is 0 Å². The highest BCUT2D eigenvalue weighted by atomic mass is 32.2. The highest BCUT2D eigenvalue weighted by Crippen LogP contribution is 2.48. The van der Waals surface area contributed by atoms with Crippen LogP contribution in [0.25, 0.3) is 11.1 Å². The van der Waals surface area contributed by atoms with E-state index in [4.69, 9.17) is 28.4 Å². The van der Waals surface area contributed by atoms with Crippen LogP contribution in [0.1, 0.15) is 11.1 Å². The molecule has 0 aliphatic carbocycles. The first-order valence-electron chi connectivity index (χ1n) is 19.0. The molecule has 0 radical (unpaired) electrons. The van der Waals surface area contributed by atoms with E-state index in [1.165, 1.54) is 0 Å². The van der Waals surface area contributed by atoms with Gasteiger partial charge >= 0.3 is 26.4 Å². The number of hydrogen-bond donors (Lipinski definition) is 0. The van der Waals surface area contributed by atoms with Crippen molar-refractivity contribution in [2.75, 3.05) is 78.0 Å². The van der Waals surface area contributed by atoms with Crippen LogP contribution in [0.3, 0.4) is 0 Å². The third kappa shape index (κ3) is 19.7. The number of aromatic nitrogens is 2. The van der Waals surface area contributed by atoms with E-state index in [2.05, 4.69) is 63.1 Å². The van der Waals surface area contributed by atoms with Gasteiger partial charge in [-0.3, -0.25) is 9.59 Å². The summed E-state index contributed by atoms with van der Waals surface area (Å²) in [6, 6.07) is 20.4. The van der Waals surface area contributed by atoms with Gasteiger partial charge in [0.2, 0.25) is 0 Å². The van der Waals surface area contributed by atoms with Gasteiger partial charge in [0.05, 0.1) is 63.9 Å². The van der Waals surface area contributed by atoms with Gasteiger partial charge in [-0.05, 0) is 46.5 Å². The lowest BCUT2D eigenvalue weighted by atomic mass is 10.1. The summed E-state index contributed by atoms with van der Waals surface area (Å²) in [5.74, 6) is -0.596. The van der Waals surface area contributed by atoms with Crippen molar-refractivity contribution in [2.24, 2.45) is 0 Å². The number of carbonyl (C=O) groups excluding carboxylic acids is 2. The molecule has 0 spiro atoms. The Kier molecular flexibility index (Phi) is 19.7. The molecule has 10 bridgehead atoms. The molecule has 9 aliphatic heterocycles. The summed E-state index contributed by atoms with van der Waals surface area (Å²) in [6.45, 7) is 5.39. The molecule has 0 unspecified atom stereocenters. The van der Waals surface area contributed by atoms with Crippen molar-refractivity contribution in [3.8, 4) is 11.1 Å². The second kappa shape index (κ2) is 24.6. The Morgan fingerprint density at radius 1 is 0.508 bits per heavy atom. The van der Waals surface area contributed by atoms with Gasteiger partial charge in [-0.2, -0.15) is 0 Å². The number of esters is 2. The standard InChI is InChI=1S/C39H45N3O8S.2BF4/c1-40-34-4-2-31-27-37(34)51-36-5-3-30(26-35(36)40)28-38(43)49-24-22-47-20-18-45-16-14-41-10-6-32(7-11-41)33-8-12-42(13-9-33)15-17-46-19-21-48-23-25-50-39(44)29-31;2*2-1(3,4)5/h2-13,26-27H,14-25,28-29H2,1H3;;/q+2;2*-1. The first-order chi connectivity index (χ1) is 29.0. The SMILES string of the molecule is CN1c2ccc3cc2Sc2ccc(cc21)CC(=O)OCCOCCOCC[n+]1ccc(cc1)-c1cc[n+](cc1)CCOCCOCCOC(=O)C3.F[B-](F)(F)F.F[B-](F)(F)F. The fourth-order valence-electron chi connectivity index (χ4n) is 5.74. The smallest absolute Gasteiger partial charge is 0.463 e. The van der Waals surface area contributed by atoms with Crippen LogP contribution in [-0.2, 0) is 63.9 Å². The van der Waals surface area contributed by atoms with Gasteiger partial charge in [0.15, 0.2) is 37.9 Å². The number of hydrogen-bond acceptors (Lipinski definition) is 10. The summed E-state index contributed by atoms with van der Waals surface area (Å²) in [5, 5.41) is 0. The van der Waals surface area contributed by atoms with E-state index in [1.807, 2.05) is 43.4 Å². The van der Waals surface area contributed by atoms with Crippen LogP contribution in [0.15, 0.2) is 95.2 Å². The van der Waals surface area contributed by atoms with Crippen molar-refractivity contribution in [2.45, 2.75) is 35.7 Å². The third-order valence-corrected chi connectivity index (χ3v) is 9.63. The minimum absolute atomic E-state index is 0.172. The highest BCUT2D eigenvalue weighted by Gasteiger charge is 2.23. The quantitative estimate of drug-likeness (QED) is 0.0821. The molecule has 4 aromatic rings. The molecule has 9 aliphatic rings. The fourth-order valence-corrected chi connectivity index (χ4v) is 6.94. The number of nitrogens with zero attached hydrogens (tertiary/aromatic N) is 3. The van der Waals surface area contributed by atoms with Crippen LogP contribution in [0.4, 0.5) is 45.9 Å². The van der Waals surface area contributed by atoms with Gasteiger partial charge in [0.1, 0.15) is 26.4 Å². The largest absolute Gasteiger partial charge is 0.673 e. The summed E-state index contributed by atoms with van der Waals surface area (Å²) in [7, 11) is -10.00. The predicted octanol–water partition coefficient (Wildman–Crippen LogP) is 6.71. The average molecular weight is 889 g/mol. The highest BCUT2D eigenvalue weighted by molar-refractivity contribution is 7.99. The number of ether oxygens (including phenoxy) is 6. The minimum atomic E-state index is -6.00. The Hall–Kier alpha value is -4.76. The molecule has 22 heteroatoms. The summed E-state index contributed by atoms with van der Waals surface area (Å²) < 4.78 is 116. The Morgan fingerprint density at radius 2 is 0.902 bits per heavy atom. The van der Waals surface area contributed by atoms with E-state index in [0.717, 1.165) is 56.5 Å². The molecule has 0 amide bonds. The second-order valence-electron chi connectivity index (χ2n) is 13.1. The van der Waals surface area contributed by atoms with E-state index in [0.29, 0.717) is 52.9 Å². The number of benzene rings is 2. The monoisotopic (exact) mass is 889 g/mol. The molecule has 332 valence electrons. The number of rotatable bonds is 0. The molecule has 0 N–H and O–H groups in total. The number of carbonyl (C=O) groups is 2. The van der Waals surface area contributed by atoms with Crippen molar-refractivity contribution < 1.29 is 81.7 Å². The summed E-state index contributed by atoms with van der Waals surface area (Å²) >= 11 is 1.64. The first-order valence-corrected chi connectivity index (χ1v) is 19.9. The van der Waals surface area contributed by atoms with Crippen molar-refractivity contribution in [1.29, 1.82) is 0 Å². The zero-order valence-electron chi connectivity index (χ0n) is 33.2. The van der Waals surface area contributed by atoms with Crippen LogP contribution in [0, 0.1) is 0 Å². The molecule has 11 nitrogen and oxygen atoms in total. The number of anilines is 2. The molecule has 0 atom stereocenters. The van der Waals surface area contributed by atoms with E-state index >= 15 is 0 Å². The lowest BCUT2D eigenvalue weighted by molar-refractivity contribution is -0.698. The lowest BCUT2D eigenvalue weighted by Gasteiger charge is -2.30. The molecule has 0 fully saturated rings. The maximum atomic E-state index is 12.6. The van der Waals surface area contributed by atoms with Gasteiger partial charge in [-0.15, -0.1) is 0 Å². The maximum absolute atomic E-state index is 12.6. The number of halogens is 8. The summed E-state index contributed by atoms with van der Waals surface area (Å²) in [5.41, 5.74) is 6.08. The summed E-state index contributed by atoms with van der Waals surface area (Å²) in [6.07, 6.45) is 8.56. The van der Waals surface area contributed by atoms with Gasteiger partial charge < -0.3 is 67.8 Å². The normalized spacial score (nSPS) is 16.6. The van der Waals surface area contributed by atoms with Gasteiger partial charge in [0, 0.05) is 41.1 Å². The molecule has 2 aromatic carbocycles. The minimum Gasteiger partial charge on any atom is -0.463 e. The molecule has 2 aromatic heterocycles. The topological polar surface area (TPSA) is 101 Å². The van der Waals surface area contributed by atoms with E-state index in [9.17, 15) is 44.1 Å².